The van der Waals surface area contributed by atoms with Crippen molar-refractivity contribution in [1.29, 1.82) is 0 Å². The highest BCUT2D eigenvalue weighted by Crippen LogP contribution is 2.42. The van der Waals surface area contributed by atoms with Gasteiger partial charge in [-0.3, -0.25) is 0 Å². The van der Waals surface area contributed by atoms with Crippen LogP contribution in [-0.2, 0) is 0 Å². The first-order chi connectivity index (χ1) is 35.2. The number of aromatic nitrogens is 1. The van der Waals surface area contributed by atoms with Crippen LogP contribution in [0, 0.1) is 0 Å². The summed E-state index contributed by atoms with van der Waals surface area (Å²) in [6.07, 6.45) is 0. The number of benzene rings is 12. The van der Waals surface area contributed by atoms with E-state index < -0.39 is 0 Å². The molecule has 0 spiro atoms. The van der Waals surface area contributed by atoms with Gasteiger partial charge in [-0.2, -0.15) is 0 Å². The van der Waals surface area contributed by atoms with Crippen LogP contribution in [0.25, 0.3) is 115 Å². The smallest absolute Gasteiger partial charge is 0.136 e. The quantitative estimate of drug-likeness (QED) is 0.142. The lowest BCUT2D eigenvalue weighted by molar-refractivity contribution is 0.669. The van der Waals surface area contributed by atoms with Gasteiger partial charge >= 0.3 is 0 Å². The molecule has 12 aromatic carbocycles. The van der Waals surface area contributed by atoms with Gasteiger partial charge in [0, 0.05) is 44.3 Å². The molecule has 0 aliphatic carbocycles. The molecular formula is C68H44N2O. The summed E-state index contributed by atoms with van der Waals surface area (Å²) in [7, 11) is 0. The number of fused-ring (bicyclic) bond motifs is 9. The standard InChI is InChI=1S/C68H44N2O/c1-2-21-57-52(14-1)43-64(59-23-4-3-22-58(57)59)51-18-13-20-56(42-51)69(55-19-12-17-49(41-55)50-34-39-63-62-26-7-10-29-67(62)71-68(63)44-50)53-35-30-45(31-36-53)47-15-11-16-48(40-47)46-32-37-54(38-33-46)70-65-27-8-5-24-60(65)61-25-6-9-28-66(61)70/h1-44H. The van der Waals surface area contributed by atoms with E-state index in [1.54, 1.807) is 0 Å². The van der Waals surface area contributed by atoms with E-state index in [9.17, 15) is 0 Å². The molecule has 0 aliphatic rings. The van der Waals surface area contributed by atoms with E-state index in [-0.39, 0.29) is 0 Å². The minimum atomic E-state index is 0.886. The second-order valence-electron chi connectivity index (χ2n) is 18.5. The number of nitrogens with zero attached hydrogens (tertiary/aromatic N) is 2. The lowest BCUT2D eigenvalue weighted by Crippen LogP contribution is -2.10. The normalized spacial score (nSPS) is 11.7. The molecule has 3 nitrogen and oxygen atoms in total. The minimum absolute atomic E-state index is 0.886. The molecule has 2 heterocycles. The molecule has 71 heavy (non-hydrogen) atoms. The van der Waals surface area contributed by atoms with E-state index in [1.807, 2.05) is 12.1 Å². The zero-order valence-electron chi connectivity index (χ0n) is 38.7. The summed E-state index contributed by atoms with van der Waals surface area (Å²) in [6, 6.07) is 96.8. The lowest BCUT2D eigenvalue weighted by Gasteiger charge is -2.27. The van der Waals surface area contributed by atoms with Crippen molar-refractivity contribution in [3.63, 3.8) is 0 Å². The van der Waals surface area contributed by atoms with Crippen molar-refractivity contribution >= 4 is 82.4 Å². The van der Waals surface area contributed by atoms with E-state index in [4.69, 9.17) is 4.42 Å². The molecule has 332 valence electrons. The average molecular weight is 905 g/mol. The SMILES string of the molecule is c1cc(-c2ccc(N(c3cccc(-c4ccc5c(c4)oc4ccccc45)c3)c3cccc(-c4cc5ccccc5c5ccccc45)c3)cc2)cc(-c2ccc(-n3c4ccccc4c4ccccc43)cc2)c1. The molecule has 0 saturated heterocycles. The summed E-state index contributed by atoms with van der Waals surface area (Å²) in [5.74, 6) is 0. The Morgan fingerprint density at radius 1 is 0.268 bits per heavy atom. The van der Waals surface area contributed by atoms with Gasteiger partial charge in [-0.25, -0.2) is 0 Å². The van der Waals surface area contributed by atoms with Crippen molar-refractivity contribution in [2.24, 2.45) is 0 Å². The molecule has 0 saturated carbocycles. The lowest BCUT2D eigenvalue weighted by atomic mass is 9.93. The fourth-order valence-corrected chi connectivity index (χ4v) is 11.0. The van der Waals surface area contributed by atoms with Gasteiger partial charge in [-0.15, -0.1) is 0 Å². The molecule has 0 bridgehead atoms. The summed E-state index contributed by atoms with van der Waals surface area (Å²) >= 11 is 0. The maximum Gasteiger partial charge on any atom is 0.136 e. The summed E-state index contributed by atoms with van der Waals surface area (Å²) in [6.45, 7) is 0. The molecule has 0 unspecified atom stereocenters. The van der Waals surface area contributed by atoms with E-state index in [0.29, 0.717) is 0 Å². The number of furan rings is 1. The predicted octanol–water partition coefficient (Wildman–Crippen LogP) is 19.1. The Bertz CT molecular complexity index is 4290. The van der Waals surface area contributed by atoms with Crippen LogP contribution in [0.15, 0.2) is 271 Å². The molecular weight excluding hydrogens is 861 g/mol. The van der Waals surface area contributed by atoms with E-state index in [1.165, 1.54) is 65.6 Å². The fraction of sp³-hybridized carbons (Fsp3) is 0. The molecule has 0 amide bonds. The maximum absolute atomic E-state index is 6.36. The van der Waals surface area contributed by atoms with Crippen molar-refractivity contribution in [3.05, 3.63) is 267 Å². The number of para-hydroxylation sites is 3. The summed E-state index contributed by atoms with van der Waals surface area (Å²) in [5.41, 5.74) is 17.8. The van der Waals surface area contributed by atoms with Crippen LogP contribution >= 0.6 is 0 Å². The minimum Gasteiger partial charge on any atom is -0.456 e. The van der Waals surface area contributed by atoms with Gasteiger partial charge in [-0.1, -0.05) is 176 Å². The third-order valence-corrected chi connectivity index (χ3v) is 14.4. The van der Waals surface area contributed by atoms with Crippen LogP contribution in [0.1, 0.15) is 0 Å². The summed E-state index contributed by atoms with van der Waals surface area (Å²) < 4.78 is 8.73. The highest BCUT2D eigenvalue weighted by Gasteiger charge is 2.18. The van der Waals surface area contributed by atoms with E-state index in [0.717, 1.165) is 66.9 Å². The molecule has 0 atom stereocenters. The molecule has 3 heteroatoms. The molecule has 14 rings (SSSR count). The van der Waals surface area contributed by atoms with Gasteiger partial charge < -0.3 is 13.9 Å². The third kappa shape index (κ3) is 6.97. The molecule has 0 radical (unpaired) electrons. The van der Waals surface area contributed by atoms with Crippen molar-refractivity contribution in [3.8, 4) is 50.2 Å². The fourth-order valence-electron chi connectivity index (χ4n) is 11.0. The number of rotatable bonds is 8. The Kier molecular flexibility index (Phi) is 9.53. The second-order valence-corrected chi connectivity index (χ2v) is 18.5. The van der Waals surface area contributed by atoms with Crippen LogP contribution in [0.4, 0.5) is 17.1 Å². The first kappa shape index (κ1) is 40.6. The Labute approximate surface area is 411 Å². The van der Waals surface area contributed by atoms with Gasteiger partial charge in [0.25, 0.3) is 0 Å². The molecule has 2 aromatic heterocycles. The van der Waals surface area contributed by atoms with Crippen LogP contribution in [0.5, 0.6) is 0 Å². The Hall–Kier alpha value is -9.44. The predicted molar refractivity (Wildman–Crippen MR) is 299 cm³/mol. The molecule has 0 aliphatic heterocycles. The van der Waals surface area contributed by atoms with E-state index >= 15 is 0 Å². The zero-order valence-corrected chi connectivity index (χ0v) is 38.7. The van der Waals surface area contributed by atoms with Crippen LogP contribution in [-0.4, -0.2) is 4.57 Å². The highest BCUT2D eigenvalue weighted by molar-refractivity contribution is 6.14. The van der Waals surface area contributed by atoms with Crippen LogP contribution in [0.2, 0.25) is 0 Å². The first-order valence-corrected chi connectivity index (χ1v) is 24.3. The number of anilines is 3. The van der Waals surface area contributed by atoms with Gasteiger partial charge in [0.2, 0.25) is 0 Å². The average Bonchev–Trinajstić information content (AvgIpc) is 3.99. The third-order valence-electron chi connectivity index (χ3n) is 14.4. The summed E-state index contributed by atoms with van der Waals surface area (Å²) in [4.78, 5) is 2.38. The molecule has 0 N–H and O–H groups in total. The first-order valence-electron chi connectivity index (χ1n) is 24.3. The monoisotopic (exact) mass is 904 g/mol. The number of hydrogen-bond donors (Lipinski definition) is 0. The highest BCUT2D eigenvalue weighted by atomic mass is 16.3. The number of hydrogen-bond acceptors (Lipinski definition) is 2. The topological polar surface area (TPSA) is 21.3 Å². The Morgan fingerprint density at radius 2 is 0.761 bits per heavy atom. The Balaban J connectivity index is 0.841. The maximum atomic E-state index is 6.36. The largest absolute Gasteiger partial charge is 0.456 e. The molecule has 0 fully saturated rings. The van der Waals surface area contributed by atoms with Crippen LogP contribution < -0.4 is 4.90 Å². The van der Waals surface area contributed by atoms with Gasteiger partial charge in [0.15, 0.2) is 0 Å². The second kappa shape index (κ2) is 16.7. The summed E-state index contributed by atoms with van der Waals surface area (Å²) in [5, 5.41) is 9.78. The van der Waals surface area contributed by atoms with Crippen molar-refractivity contribution < 1.29 is 4.42 Å². The van der Waals surface area contributed by atoms with Crippen LogP contribution in [0.3, 0.4) is 0 Å². The van der Waals surface area contributed by atoms with Crippen molar-refractivity contribution in [1.82, 2.24) is 4.57 Å². The van der Waals surface area contributed by atoms with Gasteiger partial charge in [-0.05, 0) is 157 Å². The van der Waals surface area contributed by atoms with Crippen molar-refractivity contribution in [2.45, 2.75) is 0 Å². The van der Waals surface area contributed by atoms with E-state index in [2.05, 4.69) is 264 Å². The van der Waals surface area contributed by atoms with Gasteiger partial charge in [0.1, 0.15) is 11.2 Å². The molecule has 14 aromatic rings. The van der Waals surface area contributed by atoms with Crippen molar-refractivity contribution in [2.75, 3.05) is 4.90 Å². The zero-order chi connectivity index (χ0) is 46.8. The Morgan fingerprint density at radius 3 is 1.46 bits per heavy atom. The van der Waals surface area contributed by atoms with Gasteiger partial charge in [0.05, 0.1) is 11.0 Å².